The molecule has 1 aromatic carbocycles. The Bertz CT molecular complexity index is 842. The van der Waals surface area contributed by atoms with E-state index < -0.39 is 10.0 Å². The van der Waals surface area contributed by atoms with E-state index in [9.17, 15) is 8.42 Å². The maximum Gasteiger partial charge on any atom is 0.250 e. The topological polar surface area (TPSA) is 64.6 Å². The van der Waals surface area contributed by atoms with Crippen LogP contribution in [0.5, 0.6) is 11.5 Å². The quantitative estimate of drug-likeness (QED) is 0.852. The van der Waals surface area contributed by atoms with E-state index in [1.54, 1.807) is 20.3 Å². The summed E-state index contributed by atoms with van der Waals surface area (Å²) in [5.74, 6) is 1.54. The number of benzene rings is 1. The minimum absolute atomic E-state index is 0.149. The molecule has 1 aliphatic rings. The van der Waals surface area contributed by atoms with E-state index in [1.807, 2.05) is 25.1 Å². The van der Waals surface area contributed by atoms with Gasteiger partial charge in [-0.05, 0) is 61.1 Å². The first-order valence-electron chi connectivity index (χ1n) is 7.75. The molecule has 0 saturated heterocycles. The molecule has 1 unspecified atom stereocenters. The van der Waals surface area contributed by atoms with Crippen LogP contribution in [0, 0.1) is 6.92 Å². The fraction of sp³-hybridized carbons (Fsp3) is 0.412. The maximum atomic E-state index is 12.4. The number of ether oxygens (including phenoxy) is 2. The van der Waals surface area contributed by atoms with Crippen LogP contribution in [0.4, 0.5) is 0 Å². The minimum Gasteiger partial charge on any atom is -0.493 e. The number of nitrogens with one attached hydrogen (secondary N) is 1. The average molecular weight is 367 g/mol. The summed E-state index contributed by atoms with van der Waals surface area (Å²) in [4.78, 5) is 0.985. The predicted molar refractivity (Wildman–Crippen MR) is 94.9 cm³/mol. The molecular weight excluding hydrogens is 346 g/mol. The van der Waals surface area contributed by atoms with Gasteiger partial charge >= 0.3 is 0 Å². The highest BCUT2D eigenvalue weighted by molar-refractivity contribution is 7.91. The largest absolute Gasteiger partial charge is 0.493 e. The molecule has 0 bridgehead atoms. The van der Waals surface area contributed by atoms with Crippen LogP contribution in [0.1, 0.15) is 28.3 Å². The molecule has 1 heterocycles. The zero-order chi connectivity index (χ0) is 17.3. The van der Waals surface area contributed by atoms with Crippen LogP contribution in [0.2, 0.25) is 0 Å². The van der Waals surface area contributed by atoms with E-state index in [-0.39, 0.29) is 5.92 Å². The van der Waals surface area contributed by atoms with Crippen LogP contribution in [0.3, 0.4) is 0 Å². The third-order valence-electron chi connectivity index (χ3n) is 4.35. The second-order valence-corrected chi connectivity index (χ2v) is 9.14. The normalized spacial score (nSPS) is 16.9. The van der Waals surface area contributed by atoms with Crippen molar-refractivity contribution in [2.45, 2.75) is 29.9 Å². The number of thiophene rings is 1. The van der Waals surface area contributed by atoms with Crippen LogP contribution in [-0.2, 0) is 16.4 Å². The van der Waals surface area contributed by atoms with Gasteiger partial charge in [0.1, 0.15) is 4.21 Å². The summed E-state index contributed by atoms with van der Waals surface area (Å²) in [6.07, 6.45) is 1.83. The molecule has 0 aliphatic heterocycles. The summed E-state index contributed by atoms with van der Waals surface area (Å²) in [6, 6.07) is 7.43. The predicted octanol–water partition coefficient (Wildman–Crippen LogP) is 3.08. The summed E-state index contributed by atoms with van der Waals surface area (Å²) in [6.45, 7) is 2.29. The van der Waals surface area contributed by atoms with E-state index in [1.165, 1.54) is 16.9 Å². The van der Waals surface area contributed by atoms with Crippen molar-refractivity contribution in [3.05, 3.63) is 40.3 Å². The van der Waals surface area contributed by atoms with Gasteiger partial charge in [0.15, 0.2) is 11.5 Å². The Morgan fingerprint density at radius 3 is 2.54 bits per heavy atom. The lowest BCUT2D eigenvalue weighted by Crippen LogP contribution is -2.27. The highest BCUT2D eigenvalue weighted by Crippen LogP contribution is 2.40. The number of methoxy groups -OCH3 is 2. The molecule has 2 aromatic rings. The second-order valence-electron chi connectivity index (χ2n) is 5.86. The van der Waals surface area contributed by atoms with Gasteiger partial charge < -0.3 is 9.47 Å². The minimum atomic E-state index is -3.45. The number of aryl methyl sites for hydroxylation is 2. The fourth-order valence-corrected chi connectivity index (χ4v) is 5.48. The molecule has 5 nitrogen and oxygen atoms in total. The van der Waals surface area contributed by atoms with Crippen molar-refractivity contribution in [3.8, 4) is 11.5 Å². The SMILES string of the molecule is COc1cc2c(cc1OC)C(CNS(=O)(=O)c1ccc(C)s1)CC2. The Hall–Kier alpha value is -1.57. The number of sulfonamides is 1. The molecule has 0 saturated carbocycles. The van der Waals surface area contributed by atoms with Crippen molar-refractivity contribution < 1.29 is 17.9 Å². The van der Waals surface area contributed by atoms with Crippen LogP contribution in [0.25, 0.3) is 0 Å². The van der Waals surface area contributed by atoms with Gasteiger partial charge in [0.25, 0.3) is 0 Å². The zero-order valence-corrected chi connectivity index (χ0v) is 15.6. The van der Waals surface area contributed by atoms with Crippen molar-refractivity contribution >= 4 is 21.4 Å². The van der Waals surface area contributed by atoms with Crippen LogP contribution < -0.4 is 14.2 Å². The second kappa shape index (κ2) is 6.74. The van der Waals surface area contributed by atoms with Gasteiger partial charge in [0.05, 0.1) is 14.2 Å². The van der Waals surface area contributed by atoms with Gasteiger partial charge in [-0.2, -0.15) is 0 Å². The van der Waals surface area contributed by atoms with Crippen molar-refractivity contribution in [1.82, 2.24) is 4.72 Å². The highest BCUT2D eigenvalue weighted by Gasteiger charge is 2.27. The van der Waals surface area contributed by atoms with Gasteiger partial charge in [-0.1, -0.05) is 0 Å². The number of hydrogen-bond acceptors (Lipinski definition) is 5. The molecule has 24 heavy (non-hydrogen) atoms. The van der Waals surface area contributed by atoms with Crippen LogP contribution in [-0.4, -0.2) is 29.2 Å². The lowest BCUT2D eigenvalue weighted by molar-refractivity contribution is 0.354. The Morgan fingerprint density at radius 2 is 1.92 bits per heavy atom. The molecule has 0 spiro atoms. The number of fused-ring (bicyclic) bond motifs is 1. The first kappa shape index (κ1) is 17.3. The van der Waals surface area contributed by atoms with E-state index in [4.69, 9.17) is 9.47 Å². The van der Waals surface area contributed by atoms with Gasteiger partial charge in [-0.15, -0.1) is 11.3 Å². The first-order valence-corrected chi connectivity index (χ1v) is 10.1. The Labute approximate surface area is 146 Å². The van der Waals surface area contributed by atoms with Gasteiger partial charge in [-0.25, -0.2) is 13.1 Å². The summed E-state index contributed by atoms with van der Waals surface area (Å²) < 4.78 is 38.6. The molecule has 1 aliphatic carbocycles. The average Bonchev–Trinajstić information content (AvgIpc) is 3.18. The van der Waals surface area contributed by atoms with Gasteiger partial charge in [-0.3, -0.25) is 0 Å². The monoisotopic (exact) mass is 367 g/mol. The highest BCUT2D eigenvalue weighted by atomic mass is 32.2. The summed E-state index contributed by atoms with van der Waals surface area (Å²) in [5.41, 5.74) is 2.33. The maximum absolute atomic E-state index is 12.4. The van der Waals surface area contributed by atoms with E-state index in [2.05, 4.69) is 4.72 Å². The molecule has 1 atom stereocenters. The number of hydrogen-bond donors (Lipinski definition) is 1. The van der Waals surface area contributed by atoms with Crippen molar-refractivity contribution in [3.63, 3.8) is 0 Å². The zero-order valence-electron chi connectivity index (χ0n) is 14.0. The molecular formula is C17H21NO4S2. The van der Waals surface area contributed by atoms with Crippen LogP contribution in [0.15, 0.2) is 28.5 Å². The Kier molecular flexibility index (Phi) is 4.85. The van der Waals surface area contributed by atoms with Gasteiger partial charge in [0, 0.05) is 11.4 Å². The van der Waals surface area contributed by atoms with E-state index >= 15 is 0 Å². The van der Waals surface area contributed by atoms with Crippen molar-refractivity contribution in [1.29, 1.82) is 0 Å². The smallest absolute Gasteiger partial charge is 0.250 e. The molecule has 1 aromatic heterocycles. The molecule has 7 heteroatoms. The van der Waals surface area contributed by atoms with E-state index in [0.717, 1.165) is 23.3 Å². The Morgan fingerprint density at radius 1 is 1.21 bits per heavy atom. The lowest BCUT2D eigenvalue weighted by atomic mass is 10.0. The van der Waals surface area contributed by atoms with Crippen LogP contribution >= 0.6 is 11.3 Å². The summed E-state index contributed by atoms with van der Waals surface area (Å²) in [7, 11) is -0.219. The standard InChI is InChI=1S/C17H21NO4S2/c1-11-4-7-17(23-11)24(19,20)18-10-13-6-5-12-8-15(21-2)16(22-3)9-14(12)13/h4,7-9,13,18H,5-6,10H2,1-3H3. The third-order valence-corrected chi connectivity index (χ3v) is 7.26. The third kappa shape index (κ3) is 3.29. The summed E-state index contributed by atoms with van der Waals surface area (Å²) in [5, 5.41) is 0. The van der Waals surface area contributed by atoms with Gasteiger partial charge in [0.2, 0.25) is 10.0 Å². The fourth-order valence-electron chi connectivity index (χ4n) is 3.07. The molecule has 0 radical (unpaired) electrons. The first-order chi connectivity index (χ1) is 11.4. The number of rotatable bonds is 6. The summed E-state index contributed by atoms with van der Waals surface area (Å²) >= 11 is 1.29. The van der Waals surface area contributed by atoms with Crippen molar-refractivity contribution in [2.24, 2.45) is 0 Å². The van der Waals surface area contributed by atoms with Crippen molar-refractivity contribution in [2.75, 3.05) is 20.8 Å². The molecule has 130 valence electrons. The lowest BCUT2D eigenvalue weighted by Gasteiger charge is -2.15. The van der Waals surface area contributed by atoms with E-state index in [0.29, 0.717) is 22.3 Å². The molecule has 0 amide bonds. The molecule has 1 N–H and O–H groups in total. The Balaban J connectivity index is 1.77. The molecule has 3 rings (SSSR count). The molecule has 0 fully saturated rings.